The average Bonchev–Trinajstić information content (AvgIpc) is 3.44. The van der Waals surface area contributed by atoms with Crippen LogP contribution in [-0.4, -0.2) is 44.2 Å². The number of pyridine rings is 1. The van der Waals surface area contributed by atoms with E-state index < -0.39 is 5.97 Å². The first-order valence-electron chi connectivity index (χ1n) is 11.1. The van der Waals surface area contributed by atoms with Gasteiger partial charge in [-0.1, -0.05) is 12.1 Å². The molecule has 1 aliphatic rings. The Morgan fingerprint density at radius 2 is 1.97 bits per heavy atom. The van der Waals surface area contributed by atoms with Crippen molar-refractivity contribution in [3.63, 3.8) is 0 Å². The zero-order valence-electron chi connectivity index (χ0n) is 20.1. The monoisotopic (exact) mass is 493 g/mol. The molecule has 0 fully saturated rings. The second-order valence-corrected chi connectivity index (χ2v) is 8.85. The highest BCUT2D eigenvalue weighted by molar-refractivity contribution is 7.11. The third-order valence-corrected chi connectivity index (χ3v) is 6.60. The summed E-state index contributed by atoms with van der Waals surface area (Å²) in [4.78, 5) is 33.4. The molecule has 0 radical (unpaired) electrons. The van der Waals surface area contributed by atoms with E-state index in [1.54, 1.807) is 39.0 Å². The van der Waals surface area contributed by atoms with Crippen molar-refractivity contribution in [2.45, 2.75) is 20.3 Å². The maximum absolute atomic E-state index is 13.6. The number of fused-ring (bicyclic) bond motifs is 1. The van der Waals surface area contributed by atoms with Crippen molar-refractivity contribution in [1.82, 2.24) is 4.98 Å². The van der Waals surface area contributed by atoms with Crippen molar-refractivity contribution in [3.05, 3.63) is 63.0 Å². The number of nitrogen functional groups attached to an aromatic ring is 1. The zero-order valence-corrected chi connectivity index (χ0v) is 20.9. The van der Waals surface area contributed by atoms with E-state index in [1.165, 1.54) is 11.3 Å². The molecule has 2 aromatic heterocycles. The van der Waals surface area contributed by atoms with Crippen LogP contribution in [0.4, 0.5) is 11.5 Å². The summed E-state index contributed by atoms with van der Waals surface area (Å²) in [5.74, 6) is 0.935. The summed E-state index contributed by atoms with van der Waals surface area (Å²) in [6.45, 7) is 4.00. The number of rotatable bonds is 8. The Kier molecular flexibility index (Phi) is 7.07. The summed E-state index contributed by atoms with van der Waals surface area (Å²) in [6.07, 6.45) is 2.35. The fourth-order valence-electron chi connectivity index (χ4n) is 4.12. The maximum atomic E-state index is 13.6. The lowest BCUT2D eigenvalue weighted by Gasteiger charge is -2.18. The molecule has 0 aliphatic carbocycles. The number of hydrogen-bond donors (Lipinski definition) is 1. The van der Waals surface area contributed by atoms with E-state index in [0.717, 1.165) is 10.4 Å². The minimum absolute atomic E-state index is 0.192. The van der Waals surface area contributed by atoms with Gasteiger partial charge in [0.15, 0.2) is 11.5 Å². The van der Waals surface area contributed by atoms with Crippen LogP contribution in [0.1, 0.15) is 39.0 Å². The van der Waals surface area contributed by atoms with E-state index in [-0.39, 0.29) is 23.8 Å². The summed E-state index contributed by atoms with van der Waals surface area (Å²) in [5.41, 5.74) is 9.16. The molecule has 0 saturated carbocycles. The number of aromatic nitrogens is 1. The van der Waals surface area contributed by atoms with Crippen LogP contribution >= 0.6 is 11.3 Å². The predicted octanol–water partition coefficient (Wildman–Crippen LogP) is 4.36. The standard InChI is InChI=1S/C26H27N3O5S/c1-5-34-26(31)21-15(2)28-24-22(23(21)27)18(14-17-7-6-12-35-17)25(30)29(24)11-10-16-8-9-19(32-3)20(13-16)33-4/h6-9,12-14H,5,10-11H2,1-4H3,(H2,27,28)/b18-14-. The average molecular weight is 494 g/mol. The quantitative estimate of drug-likeness (QED) is 0.367. The fourth-order valence-corrected chi connectivity index (χ4v) is 4.77. The minimum Gasteiger partial charge on any atom is -0.493 e. The Balaban J connectivity index is 1.75. The van der Waals surface area contributed by atoms with Gasteiger partial charge >= 0.3 is 5.97 Å². The Morgan fingerprint density at radius 3 is 2.63 bits per heavy atom. The van der Waals surface area contributed by atoms with E-state index in [4.69, 9.17) is 19.9 Å². The van der Waals surface area contributed by atoms with Crippen LogP contribution in [-0.2, 0) is 16.0 Å². The number of nitrogens with zero attached hydrogens (tertiary/aromatic N) is 2. The third-order valence-electron chi connectivity index (χ3n) is 5.78. The number of thiophene rings is 1. The maximum Gasteiger partial charge on any atom is 0.342 e. The lowest BCUT2D eigenvalue weighted by Crippen LogP contribution is -2.29. The first kappa shape index (κ1) is 24.3. The highest BCUT2D eigenvalue weighted by Gasteiger charge is 2.38. The molecule has 182 valence electrons. The normalized spacial score (nSPS) is 13.8. The van der Waals surface area contributed by atoms with Gasteiger partial charge in [0.1, 0.15) is 11.4 Å². The van der Waals surface area contributed by atoms with Crippen LogP contribution in [0.25, 0.3) is 11.6 Å². The number of anilines is 2. The Labute approximate surface area is 207 Å². The van der Waals surface area contributed by atoms with Crippen molar-refractivity contribution >= 4 is 46.4 Å². The summed E-state index contributed by atoms with van der Waals surface area (Å²) in [7, 11) is 3.17. The van der Waals surface area contributed by atoms with Crippen molar-refractivity contribution < 1.29 is 23.8 Å². The molecule has 1 aromatic carbocycles. The van der Waals surface area contributed by atoms with E-state index in [2.05, 4.69) is 4.98 Å². The second kappa shape index (κ2) is 10.2. The van der Waals surface area contributed by atoms with Gasteiger partial charge in [-0.3, -0.25) is 9.69 Å². The smallest absolute Gasteiger partial charge is 0.342 e. The van der Waals surface area contributed by atoms with Gasteiger partial charge in [-0.2, -0.15) is 0 Å². The minimum atomic E-state index is -0.551. The van der Waals surface area contributed by atoms with Crippen LogP contribution in [0.3, 0.4) is 0 Å². The Hall–Kier alpha value is -3.85. The number of methoxy groups -OCH3 is 2. The Morgan fingerprint density at radius 1 is 1.20 bits per heavy atom. The van der Waals surface area contributed by atoms with Crippen LogP contribution in [0.15, 0.2) is 35.7 Å². The zero-order chi connectivity index (χ0) is 25.1. The predicted molar refractivity (Wildman–Crippen MR) is 137 cm³/mol. The highest BCUT2D eigenvalue weighted by Crippen LogP contribution is 2.43. The number of nitrogens with two attached hydrogens (primary N) is 1. The lowest BCUT2D eigenvalue weighted by molar-refractivity contribution is -0.113. The molecule has 3 heterocycles. The molecule has 0 spiro atoms. The molecule has 2 N–H and O–H groups in total. The van der Waals surface area contributed by atoms with E-state index in [1.807, 2.05) is 35.7 Å². The number of carbonyl (C=O) groups is 2. The summed E-state index contributed by atoms with van der Waals surface area (Å²) in [6, 6.07) is 9.48. The topological polar surface area (TPSA) is 104 Å². The van der Waals surface area contributed by atoms with Crippen molar-refractivity contribution in [3.8, 4) is 11.5 Å². The molecule has 4 rings (SSSR count). The molecule has 8 nitrogen and oxygen atoms in total. The van der Waals surface area contributed by atoms with Gasteiger partial charge in [0.05, 0.1) is 43.3 Å². The first-order valence-corrected chi connectivity index (χ1v) is 12.0. The van der Waals surface area contributed by atoms with Gasteiger partial charge in [-0.15, -0.1) is 11.3 Å². The number of aryl methyl sites for hydroxylation is 1. The molecule has 0 saturated heterocycles. The van der Waals surface area contributed by atoms with E-state index in [9.17, 15) is 9.59 Å². The number of carbonyl (C=O) groups excluding carboxylic acids is 2. The molecular weight excluding hydrogens is 466 g/mol. The number of esters is 1. The van der Waals surface area contributed by atoms with E-state index in [0.29, 0.717) is 47.1 Å². The van der Waals surface area contributed by atoms with Gasteiger partial charge in [-0.05, 0) is 55.5 Å². The van der Waals surface area contributed by atoms with Crippen LogP contribution in [0, 0.1) is 6.92 Å². The first-order chi connectivity index (χ1) is 16.9. The van der Waals surface area contributed by atoms with Gasteiger partial charge in [0.25, 0.3) is 5.91 Å². The molecule has 0 atom stereocenters. The number of amides is 1. The molecule has 35 heavy (non-hydrogen) atoms. The molecular formula is C26H27N3O5S. The number of hydrogen-bond acceptors (Lipinski definition) is 8. The van der Waals surface area contributed by atoms with Gasteiger partial charge in [-0.25, -0.2) is 9.78 Å². The number of ether oxygens (including phenoxy) is 3. The van der Waals surface area contributed by atoms with Crippen molar-refractivity contribution in [2.24, 2.45) is 0 Å². The summed E-state index contributed by atoms with van der Waals surface area (Å²) >= 11 is 1.51. The lowest BCUT2D eigenvalue weighted by atomic mass is 10.0. The van der Waals surface area contributed by atoms with Crippen molar-refractivity contribution in [1.29, 1.82) is 0 Å². The molecule has 9 heteroatoms. The van der Waals surface area contributed by atoms with Gasteiger partial charge in [0.2, 0.25) is 0 Å². The number of benzene rings is 1. The third kappa shape index (κ3) is 4.59. The van der Waals surface area contributed by atoms with Crippen LogP contribution in [0.2, 0.25) is 0 Å². The molecule has 0 unspecified atom stereocenters. The largest absolute Gasteiger partial charge is 0.493 e. The van der Waals surface area contributed by atoms with E-state index >= 15 is 0 Å². The molecule has 0 bridgehead atoms. The van der Waals surface area contributed by atoms with Crippen LogP contribution in [0.5, 0.6) is 11.5 Å². The summed E-state index contributed by atoms with van der Waals surface area (Å²) in [5, 5.41) is 1.93. The molecule has 1 amide bonds. The highest BCUT2D eigenvalue weighted by atomic mass is 32.1. The fraction of sp³-hybridized carbons (Fsp3) is 0.269. The van der Waals surface area contributed by atoms with Gasteiger partial charge in [0, 0.05) is 11.4 Å². The molecule has 1 aliphatic heterocycles. The van der Waals surface area contributed by atoms with Crippen LogP contribution < -0.4 is 20.1 Å². The SMILES string of the molecule is CCOC(=O)c1c(C)nc2c(c1N)/C(=C/c1cccs1)C(=O)N2CCc1ccc(OC)c(OC)c1. The Bertz CT molecular complexity index is 1300. The second-order valence-electron chi connectivity index (χ2n) is 7.87. The van der Waals surface area contributed by atoms with Gasteiger partial charge < -0.3 is 19.9 Å². The molecule has 3 aromatic rings. The van der Waals surface area contributed by atoms with Crippen molar-refractivity contribution in [2.75, 3.05) is 38.0 Å². The summed E-state index contributed by atoms with van der Waals surface area (Å²) < 4.78 is 15.9.